The smallest absolute Gasteiger partial charge is 0.207 e. The summed E-state index contributed by atoms with van der Waals surface area (Å²) in [6.07, 6.45) is 0. The van der Waals surface area contributed by atoms with Crippen LogP contribution in [-0.2, 0) is 15.9 Å². The second kappa shape index (κ2) is 6.87. The van der Waals surface area contributed by atoms with E-state index in [1.807, 2.05) is 27.7 Å². The van der Waals surface area contributed by atoms with Crippen LogP contribution < -0.4 is 0 Å². The van der Waals surface area contributed by atoms with Crippen molar-refractivity contribution in [3.63, 3.8) is 0 Å². The van der Waals surface area contributed by atoms with Crippen LogP contribution in [0.15, 0.2) is 23.1 Å². The van der Waals surface area contributed by atoms with E-state index in [2.05, 4.69) is 0 Å². The Morgan fingerprint density at radius 1 is 1.25 bits per heavy atom. The van der Waals surface area contributed by atoms with Crippen LogP contribution in [0.4, 0.5) is 4.39 Å². The highest BCUT2D eigenvalue weighted by Gasteiger charge is 2.28. The van der Waals surface area contributed by atoms with Gasteiger partial charge in [0.15, 0.2) is 0 Å². The van der Waals surface area contributed by atoms with E-state index in [0.717, 1.165) is 6.07 Å². The third kappa shape index (κ3) is 3.93. The van der Waals surface area contributed by atoms with Gasteiger partial charge in [-0.25, -0.2) is 12.8 Å². The Labute approximate surface area is 125 Å². The fourth-order valence-electron chi connectivity index (χ4n) is 1.90. The predicted molar refractivity (Wildman–Crippen MR) is 79.8 cm³/mol. The van der Waals surface area contributed by atoms with Gasteiger partial charge in [0, 0.05) is 18.2 Å². The summed E-state index contributed by atoms with van der Waals surface area (Å²) in [4.78, 5) is 0.0869. The molecule has 0 heterocycles. The number of hydrogen-bond donors (Lipinski definition) is 0. The summed E-state index contributed by atoms with van der Waals surface area (Å²) < 4.78 is 40.2. The minimum absolute atomic E-state index is 0.0545. The molecule has 3 nitrogen and oxygen atoms in total. The molecule has 0 fully saturated rings. The van der Waals surface area contributed by atoms with Crippen molar-refractivity contribution >= 4 is 21.6 Å². The number of benzene rings is 1. The van der Waals surface area contributed by atoms with Crippen LogP contribution in [0.25, 0.3) is 0 Å². The minimum atomic E-state index is -3.64. The lowest BCUT2D eigenvalue weighted by molar-refractivity contribution is 0.319. The van der Waals surface area contributed by atoms with E-state index in [4.69, 9.17) is 11.6 Å². The summed E-state index contributed by atoms with van der Waals surface area (Å²) >= 11 is 5.63. The van der Waals surface area contributed by atoms with Gasteiger partial charge in [-0.15, -0.1) is 11.6 Å². The quantitative estimate of drug-likeness (QED) is 0.750. The highest BCUT2D eigenvalue weighted by atomic mass is 35.5. The highest BCUT2D eigenvalue weighted by molar-refractivity contribution is 7.89. The fraction of sp³-hybridized carbons (Fsp3) is 0.571. The standard InChI is InChI=1S/C14H21ClFNO2S/c1-10(2)9-17(11(3)4)20(18,19)13-5-6-14(16)12(7-13)8-15/h5-7,10-11H,8-9H2,1-4H3. The Morgan fingerprint density at radius 3 is 2.30 bits per heavy atom. The van der Waals surface area contributed by atoms with Crippen molar-refractivity contribution in [3.8, 4) is 0 Å². The van der Waals surface area contributed by atoms with Crippen LogP contribution in [-0.4, -0.2) is 25.3 Å². The van der Waals surface area contributed by atoms with Gasteiger partial charge in [-0.1, -0.05) is 13.8 Å². The maximum absolute atomic E-state index is 13.4. The number of nitrogens with zero attached hydrogens (tertiary/aromatic N) is 1. The van der Waals surface area contributed by atoms with E-state index in [1.54, 1.807) is 0 Å². The van der Waals surface area contributed by atoms with Crippen molar-refractivity contribution in [1.29, 1.82) is 0 Å². The normalized spacial score (nSPS) is 12.7. The molecule has 0 aliphatic carbocycles. The monoisotopic (exact) mass is 321 g/mol. The van der Waals surface area contributed by atoms with Gasteiger partial charge in [0.1, 0.15) is 5.82 Å². The average molecular weight is 322 g/mol. The lowest BCUT2D eigenvalue weighted by atomic mass is 10.2. The van der Waals surface area contributed by atoms with E-state index >= 15 is 0 Å². The van der Waals surface area contributed by atoms with Crippen molar-refractivity contribution in [3.05, 3.63) is 29.6 Å². The number of alkyl halides is 1. The molecule has 114 valence electrons. The van der Waals surface area contributed by atoms with Crippen molar-refractivity contribution in [2.75, 3.05) is 6.54 Å². The molecule has 1 rings (SSSR count). The summed E-state index contributed by atoms with van der Waals surface area (Å²) in [5.74, 6) is -0.333. The topological polar surface area (TPSA) is 37.4 Å². The van der Waals surface area contributed by atoms with E-state index < -0.39 is 15.8 Å². The van der Waals surface area contributed by atoms with E-state index in [1.165, 1.54) is 16.4 Å². The molecule has 20 heavy (non-hydrogen) atoms. The first-order chi connectivity index (χ1) is 9.20. The van der Waals surface area contributed by atoms with Crippen LogP contribution in [0, 0.1) is 11.7 Å². The molecule has 1 aromatic rings. The molecule has 0 saturated carbocycles. The predicted octanol–water partition coefficient (Wildman–Crippen LogP) is 3.62. The van der Waals surface area contributed by atoms with Crippen molar-refractivity contribution in [2.45, 2.75) is 44.5 Å². The van der Waals surface area contributed by atoms with Crippen molar-refractivity contribution in [2.24, 2.45) is 5.92 Å². The minimum Gasteiger partial charge on any atom is -0.207 e. The molecule has 0 aliphatic rings. The van der Waals surface area contributed by atoms with Crippen molar-refractivity contribution < 1.29 is 12.8 Å². The first-order valence-electron chi connectivity index (χ1n) is 6.56. The zero-order chi connectivity index (χ0) is 15.5. The molecule has 6 heteroatoms. The van der Waals surface area contributed by atoms with Gasteiger partial charge in [-0.3, -0.25) is 0 Å². The first kappa shape index (κ1) is 17.4. The molecule has 0 radical (unpaired) electrons. The zero-order valence-electron chi connectivity index (χ0n) is 12.2. The van der Waals surface area contributed by atoms with Crippen LogP contribution in [0.3, 0.4) is 0 Å². The Hall–Kier alpha value is -0.650. The second-order valence-electron chi connectivity index (χ2n) is 5.45. The molecule has 0 atom stereocenters. The molecule has 1 aromatic carbocycles. The molecule has 0 unspecified atom stereocenters. The Balaban J connectivity index is 3.26. The molecule has 0 aliphatic heterocycles. The number of rotatable bonds is 6. The highest BCUT2D eigenvalue weighted by Crippen LogP contribution is 2.22. The van der Waals surface area contributed by atoms with Gasteiger partial charge in [0.25, 0.3) is 0 Å². The third-order valence-corrected chi connectivity index (χ3v) is 5.21. The molecule has 0 aromatic heterocycles. The molecular weight excluding hydrogens is 301 g/mol. The maximum Gasteiger partial charge on any atom is 0.243 e. The number of sulfonamides is 1. The van der Waals surface area contributed by atoms with Gasteiger partial charge < -0.3 is 0 Å². The van der Waals surface area contributed by atoms with Crippen LogP contribution in [0.2, 0.25) is 0 Å². The van der Waals surface area contributed by atoms with Crippen LogP contribution in [0.1, 0.15) is 33.3 Å². The third-order valence-electron chi connectivity index (χ3n) is 2.89. The maximum atomic E-state index is 13.4. The van der Waals surface area contributed by atoms with Gasteiger partial charge in [-0.2, -0.15) is 4.31 Å². The summed E-state index contributed by atoms with van der Waals surface area (Å²) in [5, 5.41) is 0. The molecule has 0 bridgehead atoms. The summed E-state index contributed by atoms with van der Waals surface area (Å²) in [5.41, 5.74) is 0.195. The fourth-order valence-corrected chi connectivity index (χ4v) is 3.95. The zero-order valence-corrected chi connectivity index (χ0v) is 13.8. The number of halogens is 2. The molecular formula is C14H21ClFNO2S. The molecule has 0 spiro atoms. The average Bonchev–Trinajstić information content (AvgIpc) is 2.35. The summed E-state index contributed by atoms with van der Waals surface area (Å²) in [6, 6.07) is 3.59. The Morgan fingerprint density at radius 2 is 1.85 bits per heavy atom. The van der Waals surface area contributed by atoms with Crippen molar-refractivity contribution in [1.82, 2.24) is 4.31 Å². The van der Waals surface area contributed by atoms with Crippen LogP contribution in [0.5, 0.6) is 0 Å². The number of hydrogen-bond acceptors (Lipinski definition) is 2. The summed E-state index contributed by atoms with van der Waals surface area (Å²) in [6.45, 7) is 7.99. The first-order valence-corrected chi connectivity index (χ1v) is 8.53. The van der Waals surface area contributed by atoms with Gasteiger partial charge in [0.05, 0.1) is 10.8 Å². The van der Waals surface area contributed by atoms with E-state index in [9.17, 15) is 12.8 Å². The SMILES string of the molecule is CC(C)CN(C(C)C)S(=O)(=O)c1ccc(F)c(CCl)c1. The van der Waals surface area contributed by atoms with Gasteiger partial charge in [-0.05, 0) is 38.0 Å². The lowest BCUT2D eigenvalue weighted by Crippen LogP contribution is -2.39. The van der Waals surface area contributed by atoms with E-state index in [-0.39, 0.29) is 28.3 Å². The lowest BCUT2D eigenvalue weighted by Gasteiger charge is -2.27. The van der Waals surface area contributed by atoms with Gasteiger partial charge >= 0.3 is 0 Å². The molecule has 0 amide bonds. The second-order valence-corrected chi connectivity index (χ2v) is 7.61. The largest absolute Gasteiger partial charge is 0.243 e. The molecule has 0 N–H and O–H groups in total. The van der Waals surface area contributed by atoms with E-state index in [0.29, 0.717) is 6.54 Å². The molecule has 0 saturated heterocycles. The van der Waals surface area contributed by atoms with Crippen LogP contribution >= 0.6 is 11.6 Å². The Kier molecular flexibility index (Phi) is 5.98. The Bertz CT molecular complexity index is 558. The summed E-state index contributed by atoms with van der Waals surface area (Å²) in [7, 11) is -3.64. The van der Waals surface area contributed by atoms with Gasteiger partial charge in [0.2, 0.25) is 10.0 Å².